The van der Waals surface area contributed by atoms with Gasteiger partial charge in [0, 0.05) is 0 Å². The molecule has 18 heavy (non-hydrogen) atoms. The lowest BCUT2D eigenvalue weighted by molar-refractivity contribution is -0.124. The summed E-state index contributed by atoms with van der Waals surface area (Å²) in [5.41, 5.74) is 0.898. The SMILES string of the molecule is Cc1c(C(=O)O)cccc1N1C(=O)CSCC1=O. The van der Waals surface area contributed by atoms with Crippen LogP contribution >= 0.6 is 11.8 Å². The third-order valence-electron chi connectivity index (χ3n) is 2.73. The van der Waals surface area contributed by atoms with E-state index >= 15 is 0 Å². The predicted octanol–water partition coefficient (Wildman–Crippen LogP) is 1.30. The Balaban J connectivity index is 2.50. The fraction of sp³-hybridized carbons (Fsp3) is 0.250. The summed E-state index contributed by atoms with van der Waals surface area (Å²) in [6, 6.07) is 4.58. The first-order valence-corrected chi connectivity index (χ1v) is 6.44. The van der Waals surface area contributed by atoms with Gasteiger partial charge in [0.05, 0.1) is 22.8 Å². The van der Waals surface area contributed by atoms with Gasteiger partial charge < -0.3 is 5.11 Å². The first kappa shape index (κ1) is 12.6. The van der Waals surface area contributed by atoms with Crippen molar-refractivity contribution in [2.24, 2.45) is 0 Å². The van der Waals surface area contributed by atoms with Crippen molar-refractivity contribution in [2.45, 2.75) is 6.92 Å². The number of amides is 2. The Morgan fingerprint density at radius 3 is 2.44 bits per heavy atom. The zero-order chi connectivity index (χ0) is 13.3. The summed E-state index contributed by atoms with van der Waals surface area (Å²) in [6.45, 7) is 1.60. The fourth-order valence-electron chi connectivity index (χ4n) is 1.86. The molecule has 6 heteroatoms. The Bertz CT molecular complexity index is 525. The lowest BCUT2D eigenvalue weighted by Gasteiger charge is -2.26. The number of anilines is 1. The summed E-state index contributed by atoms with van der Waals surface area (Å²) in [5, 5.41) is 9.03. The number of carbonyl (C=O) groups excluding carboxylic acids is 2. The van der Waals surface area contributed by atoms with Gasteiger partial charge in [-0.05, 0) is 24.6 Å². The number of hydrogen-bond acceptors (Lipinski definition) is 4. The summed E-state index contributed by atoms with van der Waals surface area (Å²) in [6.07, 6.45) is 0. The third-order valence-corrected chi connectivity index (χ3v) is 3.63. The molecule has 0 aromatic heterocycles. The van der Waals surface area contributed by atoms with Crippen LogP contribution in [-0.2, 0) is 9.59 Å². The molecule has 0 saturated carbocycles. The monoisotopic (exact) mass is 265 g/mol. The second-order valence-electron chi connectivity index (χ2n) is 3.87. The van der Waals surface area contributed by atoms with E-state index in [9.17, 15) is 14.4 Å². The van der Waals surface area contributed by atoms with Crippen molar-refractivity contribution in [1.82, 2.24) is 0 Å². The molecule has 1 aromatic carbocycles. The predicted molar refractivity (Wildman–Crippen MR) is 68.0 cm³/mol. The average Bonchev–Trinajstić information content (AvgIpc) is 2.30. The first-order valence-electron chi connectivity index (χ1n) is 5.29. The normalized spacial score (nSPS) is 15.9. The highest BCUT2D eigenvalue weighted by molar-refractivity contribution is 8.00. The molecule has 0 bridgehead atoms. The molecule has 0 atom stereocenters. The van der Waals surface area contributed by atoms with Gasteiger partial charge in [-0.1, -0.05) is 6.07 Å². The molecule has 1 aliphatic heterocycles. The van der Waals surface area contributed by atoms with Gasteiger partial charge in [0.1, 0.15) is 0 Å². The fourth-order valence-corrected chi connectivity index (χ4v) is 2.57. The second kappa shape index (κ2) is 4.81. The van der Waals surface area contributed by atoms with Crippen molar-refractivity contribution in [1.29, 1.82) is 0 Å². The smallest absolute Gasteiger partial charge is 0.336 e. The van der Waals surface area contributed by atoms with Crippen molar-refractivity contribution in [3.8, 4) is 0 Å². The highest BCUT2D eigenvalue weighted by Gasteiger charge is 2.29. The molecule has 0 aliphatic carbocycles. The largest absolute Gasteiger partial charge is 0.478 e. The van der Waals surface area contributed by atoms with Gasteiger partial charge in [0.2, 0.25) is 11.8 Å². The third kappa shape index (κ3) is 2.11. The van der Waals surface area contributed by atoms with E-state index in [0.717, 1.165) is 4.90 Å². The van der Waals surface area contributed by atoms with Gasteiger partial charge in [-0.25, -0.2) is 9.69 Å². The molecule has 1 aliphatic rings. The van der Waals surface area contributed by atoms with Gasteiger partial charge in [0.25, 0.3) is 0 Å². The molecule has 1 saturated heterocycles. The maximum absolute atomic E-state index is 11.8. The summed E-state index contributed by atoms with van der Waals surface area (Å²) < 4.78 is 0. The molecule has 1 heterocycles. The van der Waals surface area contributed by atoms with Gasteiger partial charge in [-0.15, -0.1) is 11.8 Å². The van der Waals surface area contributed by atoms with Crippen LogP contribution in [0, 0.1) is 6.92 Å². The van der Waals surface area contributed by atoms with Crippen LogP contribution in [0.2, 0.25) is 0 Å². The number of imide groups is 1. The highest BCUT2D eigenvalue weighted by atomic mass is 32.2. The minimum atomic E-state index is -1.07. The first-order chi connectivity index (χ1) is 8.52. The molecule has 1 aromatic rings. The number of carbonyl (C=O) groups is 3. The number of thioether (sulfide) groups is 1. The van der Waals surface area contributed by atoms with Gasteiger partial charge >= 0.3 is 5.97 Å². The lowest BCUT2D eigenvalue weighted by atomic mass is 10.1. The minimum Gasteiger partial charge on any atom is -0.478 e. The van der Waals surface area contributed by atoms with Crippen LogP contribution in [0.5, 0.6) is 0 Å². The Labute approximate surface area is 108 Å². The second-order valence-corrected chi connectivity index (χ2v) is 4.86. The molecular weight excluding hydrogens is 254 g/mol. The van der Waals surface area contributed by atoms with Crippen LogP contribution < -0.4 is 4.90 Å². The Hall–Kier alpha value is -1.82. The molecule has 2 amide bonds. The van der Waals surface area contributed by atoms with Gasteiger partial charge in [-0.2, -0.15) is 0 Å². The Morgan fingerprint density at radius 1 is 1.28 bits per heavy atom. The molecule has 5 nitrogen and oxygen atoms in total. The minimum absolute atomic E-state index is 0.103. The summed E-state index contributed by atoms with van der Waals surface area (Å²) in [4.78, 5) is 35.7. The van der Waals surface area contributed by atoms with Crippen LogP contribution in [0.4, 0.5) is 5.69 Å². The molecule has 0 unspecified atom stereocenters. The number of carboxylic acid groups (broad SMARTS) is 1. The molecule has 0 radical (unpaired) electrons. The van der Waals surface area contributed by atoms with Crippen molar-refractivity contribution in [3.63, 3.8) is 0 Å². The number of rotatable bonds is 2. The molecule has 0 spiro atoms. The van der Waals surface area contributed by atoms with E-state index in [1.807, 2.05) is 0 Å². The standard InChI is InChI=1S/C12H11NO4S/c1-7-8(12(16)17)3-2-4-9(7)13-10(14)5-18-6-11(13)15/h2-4H,5-6H2,1H3,(H,16,17). The summed E-state index contributed by atoms with van der Waals surface area (Å²) >= 11 is 1.27. The van der Waals surface area contributed by atoms with Crippen LogP contribution in [0.3, 0.4) is 0 Å². The van der Waals surface area contributed by atoms with Crippen LogP contribution in [-0.4, -0.2) is 34.4 Å². The Morgan fingerprint density at radius 2 is 1.89 bits per heavy atom. The zero-order valence-electron chi connectivity index (χ0n) is 9.67. The highest BCUT2D eigenvalue weighted by Crippen LogP contribution is 2.27. The van der Waals surface area contributed by atoms with E-state index in [0.29, 0.717) is 11.3 Å². The molecule has 94 valence electrons. The maximum atomic E-state index is 11.8. The zero-order valence-corrected chi connectivity index (χ0v) is 10.5. The summed E-state index contributed by atoms with van der Waals surface area (Å²) in [5.74, 6) is -1.20. The van der Waals surface area contributed by atoms with E-state index in [4.69, 9.17) is 5.11 Å². The van der Waals surface area contributed by atoms with Crippen LogP contribution in [0.1, 0.15) is 15.9 Å². The average molecular weight is 265 g/mol. The van der Waals surface area contributed by atoms with E-state index in [-0.39, 0.29) is 28.9 Å². The summed E-state index contributed by atoms with van der Waals surface area (Å²) in [7, 11) is 0. The number of carboxylic acids is 1. The molecule has 1 fully saturated rings. The van der Waals surface area contributed by atoms with Crippen molar-refractivity contribution >= 4 is 35.2 Å². The van der Waals surface area contributed by atoms with Crippen molar-refractivity contribution in [3.05, 3.63) is 29.3 Å². The number of nitrogens with zero attached hydrogens (tertiary/aromatic N) is 1. The quantitative estimate of drug-likeness (QED) is 0.816. The van der Waals surface area contributed by atoms with E-state index < -0.39 is 5.97 Å². The molecule has 2 rings (SSSR count). The van der Waals surface area contributed by atoms with Gasteiger partial charge in [0.15, 0.2) is 0 Å². The van der Waals surface area contributed by atoms with Crippen LogP contribution in [0.25, 0.3) is 0 Å². The Kier molecular flexibility index (Phi) is 3.38. The van der Waals surface area contributed by atoms with Crippen molar-refractivity contribution in [2.75, 3.05) is 16.4 Å². The number of benzene rings is 1. The van der Waals surface area contributed by atoms with Crippen LogP contribution in [0.15, 0.2) is 18.2 Å². The number of aromatic carboxylic acids is 1. The van der Waals surface area contributed by atoms with Gasteiger partial charge in [-0.3, -0.25) is 9.59 Å². The molecular formula is C12H11NO4S. The topological polar surface area (TPSA) is 74.7 Å². The van der Waals surface area contributed by atoms with E-state index in [2.05, 4.69) is 0 Å². The maximum Gasteiger partial charge on any atom is 0.336 e. The molecule has 1 N–H and O–H groups in total. The van der Waals surface area contributed by atoms with Crippen molar-refractivity contribution < 1.29 is 19.5 Å². The van der Waals surface area contributed by atoms with E-state index in [1.54, 1.807) is 13.0 Å². The number of hydrogen-bond donors (Lipinski definition) is 1. The lowest BCUT2D eigenvalue weighted by Crippen LogP contribution is -2.43. The van der Waals surface area contributed by atoms with E-state index in [1.165, 1.54) is 23.9 Å².